The molecule has 4 rings (SSSR count). The second-order valence-corrected chi connectivity index (χ2v) is 11.7. The molecular formula is C20H36Br4N8O3Re2. The summed E-state index contributed by atoms with van der Waals surface area (Å²) in [6.07, 6.45) is 0. The number of nitrogens with one attached hydrogen (secondary N) is 4. The first-order valence-corrected chi connectivity index (χ1v) is 14.2. The summed E-state index contributed by atoms with van der Waals surface area (Å²) in [4.78, 5) is 0. The van der Waals surface area contributed by atoms with E-state index in [1.165, 1.54) is 0 Å². The Kier molecular flexibility index (Phi) is 36.0. The molecular weight excluding hydrogens is 1090 g/mol. The average molecular weight is 1130 g/mol. The number of H-pyrrole nitrogens is 4. The molecule has 4 heterocycles. The van der Waals surface area contributed by atoms with Gasteiger partial charge in [0.05, 0.1) is 22.8 Å². The van der Waals surface area contributed by atoms with Crippen molar-refractivity contribution < 1.29 is 45.7 Å². The maximum atomic E-state index is 9.30. The molecule has 0 aliphatic heterocycles. The molecule has 0 bridgehead atoms. The van der Waals surface area contributed by atoms with Crippen molar-refractivity contribution >= 4 is 67.9 Å². The van der Waals surface area contributed by atoms with Crippen LogP contribution in [0.5, 0.6) is 0 Å². The molecule has 37 heavy (non-hydrogen) atoms. The van der Waals surface area contributed by atoms with Gasteiger partial charge in [0.25, 0.3) is 0 Å². The Morgan fingerprint density at radius 1 is 0.486 bits per heavy atom. The number of halogens is 4. The molecule has 0 aliphatic rings. The van der Waals surface area contributed by atoms with Gasteiger partial charge in [-0.2, -0.15) is 20.4 Å². The van der Waals surface area contributed by atoms with Crippen molar-refractivity contribution in [3.05, 3.63) is 69.8 Å². The van der Waals surface area contributed by atoms with Gasteiger partial charge in [0.15, 0.2) is 0 Å². The Labute approximate surface area is 277 Å². The predicted octanol–water partition coefficient (Wildman–Crippen LogP) is 6.11. The molecule has 0 saturated heterocycles. The number of hydrogen-bond acceptors (Lipinski definition) is 7. The second-order valence-electron chi connectivity index (χ2n) is 6.95. The quantitative estimate of drug-likeness (QED) is 0.189. The van der Waals surface area contributed by atoms with Crippen LogP contribution >= 0.6 is 67.9 Å². The van der Waals surface area contributed by atoms with E-state index in [9.17, 15) is 6.94 Å². The van der Waals surface area contributed by atoms with Gasteiger partial charge in [-0.1, -0.05) is 0 Å². The molecule has 0 amide bonds. The zero-order chi connectivity index (χ0) is 25.2. The maximum absolute atomic E-state index is 9.30. The Hall–Kier alpha value is -0.355. The molecule has 4 aromatic heterocycles. The van der Waals surface area contributed by atoms with Gasteiger partial charge >= 0.3 is 45.7 Å². The normalized spacial score (nSPS) is 8.22. The molecule has 216 valence electrons. The van der Waals surface area contributed by atoms with Crippen LogP contribution in [0.3, 0.4) is 0 Å². The predicted molar refractivity (Wildman–Crippen MR) is 156 cm³/mol. The summed E-state index contributed by atoms with van der Waals surface area (Å²) in [6, 6.07) is 8.00. The Bertz CT molecular complexity index is 849. The summed E-state index contributed by atoms with van der Waals surface area (Å²) in [5, 5.41) is 26.8. The van der Waals surface area contributed by atoms with E-state index in [0.29, 0.717) is 0 Å². The number of aryl methyl sites for hydroxylation is 8. The molecule has 4 aromatic rings. The van der Waals surface area contributed by atoms with Crippen molar-refractivity contribution in [2.75, 3.05) is 0 Å². The van der Waals surface area contributed by atoms with Crippen LogP contribution in [0.25, 0.3) is 0 Å². The van der Waals surface area contributed by atoms with Gasteiger partial charge in [0, 0.05) is 22.8 Å². The van der Waals surface area contributed by atoms with E-state index < -0.39 is 36.6 Å². The zero-order valence-electron chi connectivity index (χ0n) is 21.7. The first kappa shape index (κ1) is 46.5. The molecule has 0 fully saturated rings. The summed E-state index contributed by atoms with van der Waals surface area (Å²) < 4.78 is 22.6. The van der Waals surface area contributed by atoms with Gasteiger partial charge < -0.3 is 0 Å². The molecule has 0 aromatic carbocycles. The second kappa shape index (κ2) is 28.6. The van der Waals surface area contributed by atoms with E-state index in [1.54, 1.807) is 0 Å². The molecule has 0 unspecified atom stereocenters. The van der Waals surface area contributed by atoms with Gasteiger partial charge in [0.1, 0.15) is 0 Å². The van der Waals surface area contributed by atoms with Crippen LogP contribution in [0.2, 0.25) is 0 Å². The number of aromatic amines is 4. The number of hydrogen-bond donors (Lipinski definition) is 4. The van der Waals surface area contributed by atoms with Crippen LogP contribution < -0.4 is 0 Å². The van der Waals surface area contributed by atoms with E-state index in [4.69, 9.17) is 0 Å². The van der Waals surface area contributed by atoms with Crippen LogP contribution in [-0.2, 0) is 45.7 Å². The minimum absolute atomic E-state index is 0. The fraction of sp³-hybridized carbons (Fsp3) is 0.400. The summed E-state index contributed by atoms with van der Waals surface area (Å²) in [5.41, 5.74) is 8.70. The fourth-order valence-corrected chi connectivity index (χ4v) is 2.87. The van der Waals surface area contributed by atoms with Gasteiger partial charge in [0.2, 0.25) is 0 Å². The Morgan fingerprint density at radius 3 is 0.703 bits per heavy atom. The topological polar surface area (TPSA) is 158 Å². The van der Waals surface area contributed by atoms with Crippen molar-refractivity contribution in [3.8, 4) is 0 Å². The molecule has 4 N–H and O–H groups in total. The van der Waals surface area contributed by atoms with Crippen LogP contribution in [-0.4, -0.2) is 40.8 Å². The molecule has 11 nitrogen and oxygen atoms in total. The summed E-state index contributed by atoms with van der Waals surface area (Å²) in [6.45, 7) is 15.8. The number of aromatic nitrogens is 8. The van der Waals surface area contributed by atoms with Gasteiger partial charge in [-0.3, -0.25) is 20.4 Å². The van der Waals surface area contributed by atoms with Gasteiger partial charge in [-0.15, -0.1) is 67.9 Å². The third kappa shape index (κ3) is 28.5. The minimum atomic E-state index is -1.67. The molecule has 0 atom stereocenters. The number of rotatable bonds is 2. The molecule has 0 radical (unpaired) electrons. The number of nitrogens with zero attached hydrogens (tertiary/aromatic N) is 4. The fourth-order valence-electron chi connectivity index (χ4n) is 2.23. The molecule has 17 heteroatoms. The van der Waals surface area contributed by atoms with Gasteiger partial charge in [-0.05, 0) is 79.7 Å². The standard InChI is InChI=1S/4C5H8N2.4BrH.3O.2Re/c4*1-4-3-5(2)7-6-4;;;;;;;;;/h4*3H,1-2H3,(H,6,7);4*1H;;;;;. The van der Waals surface area contributed by atoms with Crippen LogP contribution in [0.4, 0.5) is 0 Å². The summed E-state index contributed by atoms with van der Waals surface area (Å²) in [7, 11) is 0. The van der Waals surface area contributed by atoms with Crippen molar-refractivity contribution in [1.29, 1.82) is 0 Å². The zero-order valence-corrected chi connectivity index (χ0v) is 34.0. The van der Waals surface area contributed by atoms with Gasteiger partial charge in [-0.25, -0.2) is 0 Å². The average Bonchev–Trinajstić information content (AvgIpc) is 3.51. The van der Waals surface area contributed by atoms with Crippen molar-refractivity contribution in [1.82, 2.24) is 40.8 Å². The third-order valence-electron chi connectivity index (χ3n) is 3.38. The SMILES string of the molecule is Br.Br.Br.Br.Cc1cc(C)[nH]n1.Cc1cc(C)[nH]n1.Cc1cc(C)[nH]n1.Cc1cc(C)[nH]n1.[O]=[Re][O][Re]=[O]. The summed E-state index contributed by atoms with van der Waals surface area (Å²) >= 11 is -3.35. The molecule has 0 saturated carbocycles. The third-order valence-corrected chi connectivity index (χ3v) is 6.53. The monoisotopic (exact) mass is 1130 g/mol. The van der Waals surface area contributed by atoms with E-state index >= 15 is 0 Å². The van der Waals surface area contributed by atoms with E-state index in [0.717, 1.165) is 45.6 Å². The van der Waals surface area contributed by atoms with Crippen LogP contribution in [0, 0.1) is 55.4 Å². The van der Waals surface area contributed by atoms with Crippen LogP contribution in [0.15, 0.2) is 24.3 Å². The Balaban J connectivity index is -0.000000113. The molecule has 0 spiro atoms. The first-order valence-electron chi connectivity index (χ1n) is 9.72. The molecule has 0 aliphatic carbocycles. The van der Waals surface area contributed by atoms with E-state index in [-0.39, 0.29) is 67.9 Å². The Morgan fingerprint density at radius 2 is 0.676 bits per heavy atom. The van der Waals surface area contributed by atoms with E-state index in [1.807, 2.05) is 79.7 Å². The summed E-state index contributed by atoms with van der Waals surface area (Å²) in [5.74, 6) is 0. The van der Waals surface area contributed by atoms with Crippen molar-refractivity contribution in [2.24, 2.45) is 0 Å². The van der Waals surface area contributed by atoms with Crippen molar-refractivity contribution in [3.63, 3.8) is 0 Å². The van der Waals surface area contributed by atoms with Crippen LogP contribution in [0.1, 0.15) is 45.6 Å². The first-order chi connectivity index (χ1) is 15.6. The van der Waals surface area contributed by atoms with E-state index in [2.05, 4.69) is 43.0 Å². The van der Waals surface area contributed by atoms with Crippen molar-refractivity contribution in [2.45, 2.75) is 55.4 Å².